The van der Waals surface area contributed by atoms with Crippen LogP contribution in [0.15, 0.2) is 291 Å². The lowest BCUT2D eigenvalue weighted by Gasteiger charge is -2.34. The van der Waals surface area contributed by atoms with Crippen molar-refractivity contribution in [2.45, 2.75) is 0 Å². The SMILES string of the molecule is c1ccc([Si](c2ccccc2)(c2ccccc2)c2cccc(-c3ccc(N(c4ccc(-c5cccc6ccccc56)cc4)c4cccc5c4c4ccccc4n5-c4cccc5ccccc45)cc3)c2)cc1. The molecule has 0 amide bonds. The Balaban J connectivity index is 0.983. The van der Waals surface area contributed by atoms with Crippen LogP contribution in [0.3, 0.4) is 0 Å². The van der Waals surface area contributed by atoms with Crippen molar-refractivity contribution in [2.24, 2.45) is 0 Å². The van der Waals surface area contributed by atoms with Gasteiger partial charge in [-0.15, -0.1) is 0 Å². The van der Waals surface area contributed by atoms with Crippen molar-refractivity contribution in [1.82, 2.24) is 4.57 Å². The van der Waals surface area contributed by atoms with Gasteiger partial charge in [0.1, 0.15) is 0 Å². The molecule has 0 aliphatic carbocycles. The monoisotopic (exact) mass is 920 g/mol. The van der Waals surface area contributed by atoms with Crippen LogP contribution in [0.4, 0.5) is 17.1 Å². The maximum atomic E-state index is 2.46. The van der Waals surface area contributed by atoms with Crippen LogP contribution in [0.25, 0.3) is 71.3 Å². The Morgan fingerprint density at radius 3 is 1.41 bits per heavy atom. The lowest BCUT2D eigenvalue weighted by Crippen LogP contribution is -2.74. The molecule has 0 radical (unpaired) electrons. The van der Waals surface area contributed by atoms with Gasteiger partial charge in [0.25, 0.3) is 0 Å². The summed E-state index contributed by atoms with van der Waals surface area (Å²) >= 11 is 0. The van der Waals surface area contributed by atoms with Crippen molar-refractivity contribution in [2.75, 3.05) is 4.90 Å². The first kappa shape index (κ1) is 42.1. The molecule has 0 N–H and O–H groups in total. The second-order valence-corrected chi connectivity index (χ2v) is 22.2. The Bertz CT molecular complexity index is 3920. The van der Waals surface area contributed by atoms with E-state index in [2.05, 4.69) is 301 Å². The second kappa shape index (κ2) is 17.8. The third-order valence-corrected chi connectivity index (χ3v) is 19.3. The Morgan fingerprint density at radius 2 is 0.761 bits per heavy atom. The smallest absolute Gasteiger partial charge is 0.179 e. The van der Waals surface area contributed by atoms with Gasteiger partial charge < -0.3 is 9.47 Å². The van der Waals surface area contributed by atoms with Crippen molar-refractivity contribution < 1.29 is 0 Å². The van der Waals surface area contributed by atoms with E-state index in [-0.39, 0.29) is 0 Å². The average Bonchev–Trinajstić information content (AvgIpc) is 3.79. The Morgan fingerprint density at radius 1 is 0.296 bits per heavy atom. The molecule has 0 saturated carbocycles. The highest BCUT2D eigenvalue weighted by molar-refractivity contribution is 7.19. The quantitative estimate of drug-likeness (QED) is 0.0980. The van der Waals surface area contributed by atoms with Crippen LogP contribution in [-0.2, 0) is 0 Å². The largest absolute Gasteiger partial charge is 0.310 e. The molecule has 0 aliphatic rings. The number of anilines is 3. The number of fused-ring (bicyclic) bond motifs is 5. The van der Waals surface area contributed by atoms with Crippen molar-refractivity contribution in [3.63, 3.8) is 0 Å². The first-order valence-electron chi connectivity index (χ1n) is 24.5. The fourth-order valence-electron chi connectivity index (χ4n) is 11.3. The fraction of sp³-hybridized carbons (Fsp3) is 0. The van der Waals surface area contributed by atoms with Crippen molar-refractivity contribution >= 4 is 89.2 Å². The number of benzene rings is 12. The summed E-state index contributed by atoms with van der Waals surface area (Å²) in [7, 11) is -2.72. The number of hydrogen-bond donors (Lipinski definition) is 0. The normalized spacial score (nSPS) is 11.7. The Labute approximate surface area is 415 Å². The van der Waals surface area contributed by atoms with Gasteiger partial charge in [-0.05, 0) is 108 Å². The standard InChI is InChI=1S/C68H48N2Si/c1-4-25-56(26-5-1)71(57-27-6-2-7-28-57,58-29-8-3-9-30-58)59-31-16-24-53(48-59)49-40-44-54(45-41-49)69(55-46-42-52(43-47-55)61-35-17-22-50-20-10-12-32-60(50)61)66-38-19-39-67-68(66)63-34-14-15-36-65(63)70(67)64-37-18-23-51-21-11-13-33-62(51)64/h1-48H. The lowest BCUT2D eigenvalue weighted by atomic mass is 9.98. The van der Waals surface area contributed by atoms with Crippen LogP contribution in [0.2, 0.25) is 0 Å². The summed E-state index contributed by atoms with van der Waals surface area (Å²) in [5.41, 5.74) is 11.6. The third kappa shape index (κ3) is 7.17. The number of para-hydroxylation sites is 1. The molecule has 12 aromatic carbocycles. The highest BCUT2D eigenvalue weighted by Crippen LogP contribution is 2.45. The molecular weight excluding hydrogens is 873 g/mol. The molecule has 0 bridgehead atoms. The molecule has 13 aromatic rings. The first-order chi connectivity index (χ1) is 35.2. The van der Waals surface area contributed by atoms with Crippen LogP contribution in [0.1, 0.15) is 0 Å². The van der Waals surface area contributed by atoms with Gasteiger partial charge in [0.15, 0.2) is 8.07 Å². The molecule has 0 atom stereocenters. The molecule has 3 heteroatoms. The van der Waals surface area contributed by atoms with E-state index in [0.29, 0.717) is 0 Å². The number of rotatable bonds is 10. The molecule has 1 heterocycles. The molecule has 0 unspecified atom stereocenters. The fourth-order valence-corrected chi connectivity index (χ4v) is 16.1. The summed E-state index contributed by atoms with van der Waals surface area (Å²) in [5.74, 6) is 0. The van der Waals surface area contributed by atoms with Crippen LogP contribution < -0.4 is 25.6 Å². The Hall–Kier alpha value is -9.02. The van der Waals surface area contributed by atoms with E-state index in [1.165, 1.54) is 86.5 Å². The molecule has 1 aromatic heterocycles. The molecule has 71 heavy (non-hydrogen) atoms. The first-order valence-corrected chi connectivity index (χ1v) is 26.5. The molecule has 0 spiro atoms. The summed E-state index contributed by atoms with van der Waals surface area (Å²) in [4.78, 5) is 2.45. The summed E-state index contributed by atoms with van der Waals surface area (Å²) in [6.45, 7) is 0. The molecule has 2 nitrogen and oxygen atoms in total. The third-order valence-electron chi connectivity index (χ3n) is 14.5. The van der Waals surface area contributed by atoms with E-state index in [0.717, 1.165) is 22.6 Å². The number of nitrogens with zero attached hydrogens (tertiary/aromatic N) is 2. The number of hydrogen-bond acceptors (Lipinski definition) is 1. The zero-order chi connectivity index (χ0) is 47.1. The van der Waals surface area contributed by atoms with E-state index in [1.807, 2.05) is 0 Å². The van der Waals surface area contributed by atoms with Gasteiger partial charge in [0, 0.05) is 27.5 Å². The molecule has 0 saturated heterocycles. The molecule has 0 aliphatic heterocycles. The minimum atomic E-state index is -2.72. The molecule has 13 rings (SSSR count). The van der Waals surface area contributed by atoms with Crippen molar-refractivity contribution in [1.29, 1.82) is 0 Å². The van der Waals surface area contributed by atoms with E-state index < -0.39 is 8.07 Å². The zero-order valence-corrected chi connectivity index (χ0v) is 40.1. The zero-order valence-electron chi connectivity index (χ0n) is 39.1. The molecule has 0 fully saturated rings. The van der Waals surface area contributed by atoms with Gasteiger partial charge in [-0.3, -0.25) is 0 Å². The van der Waals surface area contributed by atoms with Crippen LogP contribution in [-0.4, -0.2) is 12.6 Å². The lowest BCUT2D eigenvalue weighted by molar-refractivity contribution is 1.20. The van der Waals surface area contributed by atoms with Crippen molar-refractivity contribution in [3.05, 3.63) is 291 Å². The number of aromatic nitrogens is 1. The van der Waals surface area contributed by atoms with Gasteiger partial charge in [-0.2, -0.15) is 0 Å². The predicted octanol–water partition coefficient (Wildman–Crippen LogP) is 15.3. The van der Waals surface area contributed by atoms with Gasteiger partial charge in [0.05, 0.1) is 22.4 Å². The van der Waals surface area contributed by atoms with Crippen LogP contribution in [0.5, 0.6) is 0 Å². The van der Waals surface area contributed by atoms with Crippen LogP contribution in [0, 0.1) is 0 Å². The minimum absolute atomic E-state index is 1.08. The summed E-state index contributed by atoms with van der Waals surface area (Å²) in [6, 6.07) is 107. The van der Waals surface area contributed by atoms with E-state index in [4.69, 9.17) is 0 Å². The summed E-state index contributed by atoms with van der Waals surface area (Å²) in [5, 5.41) is 12.8. The highest BCUT2D eigenvalue weighted by atomic mass is 28.3. The summed E-state index contributed by atoms with van der Waals surface area (Å²) in [6.07, 6.45) is 0. The van der Waals surface area contributed by atoms with Gasteiger partial charge >= 0.3 is 0 Å². The highest BCUT2D eigenvalue weighted by Gasteiger charge is 2.41. The topological polar surface area (TPSA) is 8.17 Å². The van der Waals surface area contributed by atoms with E-state index in [9.17, 15) is 0 Å². The van der Waals surface area contributed by atoms with E-state index in [1.54, 1.807) is 0 Å². The second-order valence-electron chi connectivity index (χ2n) is 18.4. The maximum Gasteiger partial charge on any atom is 0.179 e. The average molecular weight is 921 g/mol. The molecular formula is C68H48N2Si. The van der Waals surface area contributed by atoms with E-state index >= 15 is 0 Å². The molecule has 334 valence electrons. The van der Waals surface area contributed by atoms with Gasteiger partial charge in [-0.1, -0.05) is 243 Å². The van der Waals surface area contributed by atoms with Crippen molar-refractivity contribution in [3.8, 4) is 27.9 Å². The van der Waals surface area contributed by atoms with Crippen LogP contribution >= 0.6 is 0 Å². The predicted molar refractivity (Wildman–Crippen MR) is 305 cm³/mol. The Kier molecular flexibility index (Phi) is 10.6. The maximum absolute atomic E-state index is 2.72. The minimum Gasteiger partial charge on any atom is -0.310 e. The van der Waals surface area contributed by atoms with Gasteiger partial charge in [-0.25, -0.2) is 0 Å². The van der Waals surface area contributed by atoms with Gasteiger partial charge in [0.2, 0.25) is 0 Å². The summed E-state index contributed by atoms with van der Waals surface area (Å²) < 4.78 is 2.46.